The van der Waals surface area contributed by atoms with Crippen LogP contribution in [-0.2, 0) is 20.6 Å². The summed E-state index contributed by atoms with van der Waals surface area (Å²) < 4.78 is 44.8. The molecular weight excluding hydrogens is 664 g/mol. The number of carbonyl (C=O) groups excluding carboxylic acids is 3. The Morgan fingerprint density at radius 3 is 2.40 bits per heavy atom. The van der Waals surface area contributed by atoms with Crippen LogP contribution in [0, 0.1) is 36.5 Å². The molecule has 2 aliphatic heterocycles. The number of hydrogen-bond acceptors (Lipinski definition) is 7. The van der Waals surface area contributed by atoms with E-state index in [2.05, 4.69) is 10.3 Å². The summed E-state index contributed by atoms with van der Waals surface area (Å²) in [6, 6.07) is 19.0. The number of imide groups is 1. The smallest absolute Gasteiger partial charge is 0.416 e. The number of carbonyl (C=O) groups is 3. The molecule has 3 heterocycles. The summed E-state index contributed by atoms with van der Waals surface area (Å²) in [5.41, 5.74) is 1.71. The number of nitrogens with zero attached hydrogens (tertiary/aromatic N) is 1. The molecule has 246 valence electrons. The number of alkyl halides is 3. The number of H-pyrrole nitrogens is 1. The number of thioether (sulfide) groups is 1. The maximum Gasteiger partial charge on any atom is 0.416 e. The van der Waals surface area contributed by atoms with E-state index in [4.69, 9.17) is 4.74 Å². The lowest BCUT2D eigenvalue weighted by Crippen LogP contribution is -2.42. The summed E-state index contributed by atoms with van der Waals surface area (Å²) in [5.74, 6) is -1.50. The van der Waals surface area contributed by atoms with Crippen molar-refractivity contribution in [3.05, 3.63) is 104 Å². The quantitative estimate of drug-likeness (QED) is 0.225. The van der Waals surface area contributed by atoms with Gasteiger partial charge < -0.3 is 15.0 Å². The summed E-state index contributed by atoms with van der Waals surface area (Å²) in [7, 11) is 0. The number of benzene rings is 3. The SMILES string of the molecule is Cc1ccc(N2C(=O)[C@H]3[C@H]4C[C@@H]([C@@H]3C2=O)[C@@H]2[C@H](c3ccc(OCC(=O)Nc5cccc(C(F)(F)F)c5)cc3)c3sc(=O)[nH]c3S[C@H]42)cc1. The molecule has 1 aromatic heterocycles. The Balaban J connectivity index is 1.02. The van der Waals surface area contributed by atoms with Crippen molar-refractivity contribution in [2.45, 2.75) is 35.7 Å². The Bertz CT molecular complexity index is 2010. The van der Waals surface area contributed by atoms with E-state index in [-0.39, 0.29) is 57.2 Å². The van der Waals surface area contributed by atoms with E-state index in [1.54, 1.807) is 23.9 Å². The van der Waals surface area contributed by atoms with Crippen LogP contribution in [0.5, 0.6) is 5.75 Å². The molecule has 2 bridgehead atoms. The lowest BCUT2D eigenvalue weighted by Gasteiger charge is -2.43. The van der Waals surface area contributed by atoms with Crippen LogP contribution < -0.4 is 19.8 Å². The van der Waals surface area contributed by atoms with Gasteiger partial charge in [-0.25, -0.2) is 0 Å². The average molecular weight is 692 g/mol. The third-order valence-electron chi connectivity index (χ3n) is 10.1. The van der Waals surface area contributed by atoms with Gasteiger partial charge in [-0.3, -0.25) is 24.1 Å². The lowest BCUT2D eigenvalue weighted by atomic mass is 9.68. The lowest BCUT2D eigenvalue weighted by molar-refractivity contribution is -0.137. The van der Waals surface area contributed by atoms with Crippen LogP contribution in [0.3, 0.4) is 0 Å². The minimum Gasteiger partial charge on any atom is -0.484 e. The van der Waals surface area contributed by atoms with Crippen molar-refractivity contribution in [2.24, 2.45) is 29.6 Å². The van der Waals surface area contributed by atoms with Crippen molar-refractivity contribution in [3.8, 4) is 5.75 Å². The summed E-state index contributed by atoms with van der Waals surface area (Å²) in [4.78, 5) is 57.9. The zero-order valence-corrected chi connectivity index (χ0v) is 27.0. The molecule has 4 aliphatic rings. The Kier molecular flexibility index (Phi) is 7.33. The van der Waals surface area contributed by atoms with Crippen molar-refractivity contribution in [1.82, 2.24) is 4.98 Å². The molecule has 13 heteroatoms. The predicted octanol–water partition coefficient (Wildman–Crippen LogP) is 6.46. The molecule has 2 aliphatic carbocycles. The molecule has 0 radical (unpaired) electrons. The topological polar surface area (TPSA) is 109 Å². The number of rotatable bonds is 6. The van der Waals surface area contributed by atoms with Gasteiger partial charge >= 0.3 is 11.0 Å². The molecule has 2 N–H and O–H groups in total. The number of amides is 3. The van der Waals surface area contributed by atoms with Gasteiger partial charge in [0, 0.05) is 21.7 Å². The number of aryl methyl sites for hydroxylation is 1. The van der Waals surface area contributed by atoms with Crippen LogP contribution in [0.4, 0.5) is 24.5 Å². The predicted molar refractivity (Wildman–Crippen MR) is 174 cm³/mol. The van der Waals surface area contributed by atoms with E-state index in [0.29, 0.717) is 11.4 Å². The number of halogens is 3. The number of anilines is 2. The van der Waals surface area contributed by atoms with E-state index in [1.807, 2.05) is 43.3 Å². The molecule has 0 unspecified atom stereocenters. The molecule has 3 aromatic carbocycles. The van der Waals surface area contributed by atoms with Crippen molar-refractivity contribution in [1.29, 1.82) is 0 Å². The second kappa shape index (κ2) is 11.4. The molecule has 48 heavy (non-hydrogen) atoms. The third-order valence-corrected chi connectivity index (χ3v) is 12.7. The summed E-state index contributed by atoms with van der Waals surface area (Å²) in [6.07, 6.45) is -3.76. The van der Waals surface area contributed by atoms with Crippen LogP contribution in [0.1, 0.15) is 33.9 Å². The van der Waals surface area contributed by atoms with Crippen LogP contribution in [0.15, 0.2) is 82.6 Å². The van der Waals surface area contributed by atoms with Gasteiger partial charge in [0.05, 0.1) is 28.1 Å². The van der Waals surface area contributed by atoms with Crippen LogP contribution in [0.2, 0.25) is 0 Å². The second-order valence-electron chi connectivity index (χ2n) is 12.8. The molecule has 8 nitrogen and oxygen atoms in total. The normalized spacial score (nSPS) is 27.1. The van der Waals surface area contributed by atoms with Crippen LogP contribution in [0.25, 0.3) is 0 Å². The standard InChI is InChI=1S/C35H28F3N3O5S2/c1-16-5-9-20(10-6-16)41-32(43)27-22-14-23(28(27)33(41)44)29-26(22)25(30-31(47-29)40-34(45)48-30)17-7-11-21(12-8-17)46-15-24(42)39-19-4-2-3-18(13-19)35(36,37)38/h2-13,22-23,25-29H,14-15H2,1H3,(H,39,42)(H,40,45)/t22-,23-,25+,26-,27+,28+,29-/m1/s1. The van der Waals surface area contributed by atoms with Gasteiger partial charge in [0.25, 0.3) is 5.91 Å². The van der Waals surface area contributed by atoms with Gasteiger partial charge in [-0.15, -0.1) is 11.8 Å². The van der Waals surface area contributed by atoms with Gasteiger partial charge in [0.15, 0.2) is 6.61 Å². The largest absolute Gasteiger partial charge is 0.484 e. The van der Waals surface area contributed by atoms with E-state index >= 15 is 0 Å². The van der Waals surface area contributed by atoms with Gasteiger partial charge in [0.1, 0.15) is 5.75 Å². The number of aromatic nitrogens is 1. The Hall–Kier alpha value is -4.36. The maximum atomic E-state index is 13.9. The number of ether oxygens (including phenoxy) is 1. The summed E-state index contributed by atoms with van der Waals surface area (Å²) in [5, 5.41) is 3.28. The molecule has 3 amide bonds. The van der Waals surface area contributed by atoms with Gasteiger partial charge in [-0.2, -0.15) is 13.2 Å². The highest BCUT2D eigenvalue weighted by Crippen LogP contribution is 2.68. The summed E-state index contributed by atoms with van der Waals surface area (Å²) >= 11 is 2.79. The van der Waals surface area contributed by atoms with Crippen molar-refractivity contribution in [3.63, 3.8) is 0 Å². The van der Waals surface area contributed by atoms with Gasteiger partial charge in [-0.1, -0.05) is 47.2 Å². The maximum absolute atomic E-state index is 13.9. The Labute approximate surface area is 280 Å². The number of hydrogen-bond donors (Lipinski definition) is 2. The molecule has 0 spiro atoms. The molecule has 7 atom stereocenters. The van der Waals surface area contributed by atoms with Gasteiger partial charge in [-0.05, 0) is 79.1 Å². The minimum atomic E-state index is -4.53. The highest BCUT2D eigenvalue weighted by atomic mass is 32.2. The third kappa shape index (κ3) is 5.06. The first-order valence-corrected chi connectivity index (χ1v) is 17.2. The second-order valence-corrected chi connectivity index (χ2v) is 15.0. The van der Waals surface area contributed by atoms with E-state index < -0.39 is 30.2 Å². The monoisotopic (exact) mass is 691 g/mol. The van der Waals surface area contributed by atoms with Crippen molar-refractivity contribution in [2.75, 3.05) is 16.8 Å². The van der Waals surface area contributed by atoms with E-state index in [0.717, 1.165) is 39.6 Å². The van der Waals surface area contributed by atoms with Crippen molar-refractivity contribution >= 4 is 52.2 Å². The highest BCUT2D eigenvalue weighted by Gasteiger charge is 2.69. The van der Waals surface area contributed by atoms with E-state index in [1.165, 1.54) is 28.4 Å². The number of aromatic amines is 1. The first kappa shape index (κ1) is 30.9. The number of thiazole rings is 1. The Morgan fingerprint density at radius 1 is 0.979 bits per heavy atom. The summed E-state index contributed by atoms with van der Waals surface area (Å²) in [6.45, 7) is 1.54. The van der Waals surface area contributed by atoms with Crippen LogP contribution >= 0.6 is 23.1 Å². The first-order valence-electron chi connectivity index (χ1n) is 15.5. The van der Waals surface area contributed by atoms with E-state index in [9.17, 15) is 32.3 Å². The minimum absolute atomic E-state index is 0.00102. The van der Waals surface area contributed by atoms with Crippen molar-refractivity contribution < 1.29 is 32.3 Å². The number of nitrogens with one attached hydrogen (secondary N) is 2. The molecule has 3 fully saturated rings. The molecule has 4 aromatic rings. The fourth-order valence-electron chi connectivity index (χ4n) is 8.23. The van der Waals surface area contributed by atoms with Gasteiger partial charge in [0.2, 0.25) is 11.8 Å². The molecule has 2 saturated carbocycles. The average Bonchev–Trinajstić information content (AvgIpc) is 3.79. The molecular formula is C35H28F3N3O5S2. The molecule has 8 rings (SSSR count). The number of fused-ring (bicyclic) bond motifs is 9. The fraction of sp³-hybridized carbons (Fsp3) is 0.314. The highest BCUT2D eigenvalue weighted by molar-refractivity contribution is 8.00. The first-order chi connectivity index (χ1) is 23.0. The van der Waals surface area contributed by atoms with Crippen LogP contribution in [-0.4, -0.2) is 34.6 Å². The molecule has 1 saturated heterocycles. The fourth-order valence-corrected chi connectivity index (χ4v) is 11.1. The zero-order chi connectivity index (χ0) is 33.5. The Morgan fingerprint density at radius 2 is 1.69 bits per heavy atom. The zero-order valence-electron chi connectivity index (χ0n) is 25.3.